The van der Waals surface area contributed by atoms with Crippen molar-refractivity contribution in [3.8, 4) is 0 Å². The summed E-state index contributed by atoms with van der Waals surface area (Å²) in [4.78, 5) is 13.3. The van der Waals surface area contributed by atoms with E-state index in [2.05, 4.69) is 79.9 Å². The molecule has 12 atom stereocenters. The second-order valence-corrected chi connectivity index (χ2v) is 23.6. The van der Waals surface area contributed by atoms with Crippen molar-refractivity contribution < 1.29 is 64.6 Å². The van der Waals surface area contributed by atoms with Gasteiger partial charge in [-0.05, 0) is 64.2 Å². The number of carbonyl (C=O) groups is 1. The first-order valence-corrected chi connectivity index (χ1v) is 33.7. The molecule has 2 rings (SSSR count). The Balaban J connectivity index is 1.70. The molecule has 0 aromatic heterocycles. The van der Waals surface area contributed by atoms with E-state index in [4.69, 9.17) is 18.9 Å². The molecule has 0 spiro atoms. The zero-order valence-corrected chi connectivity index (χ0v) is 52.2. The van der Waals surface area contributed by atoms with Crippen LogP contribution in [0.15, 0.2) is 72.9 Å². The quantitative estimate of drug-likeness (QED) is 0.0204. The molecule has 0 aromatic rings. The minimum absolute atomic E-state index is 0.239. The van der Waals surface area contributed by atoms with Crippen molar-refractivity contribution in [2.45, 2.75) is 338 Å². The number of ether oxygens (including phenoxy) is 4. The van der Waals surface area contributed by atoms with Gasteiger partial charge < -0.3 is 65.1 Å². The number of unbranched alkanes of at least 4 members (excludes halogenated alkanes) is 31. The number of hydrogen-bond donors (Lipinski definition) is 9. The zero-order chi connectivity index (χ0) is 60.2. The minimum atomic E-state index is -1.80. The molecule has 12 unspecified atom stereocenters. The predicted molar refractivity (Wildman–Crippen MR) is 337 cm³/mol. The minimum Gasteiger partial charge on any atom is -0.394 e. The van der Waals surface area contributed by atoms with Crippen LogP contribution >= 0.6 is 0 Å². The van der Waals surface area contributed by atoms with E-state index in [1.807, 2.05) is 6.08 Å². The van der Waals surface area contributed by atoms with Crippen LogP contribution < -0.4 is 5.32 Å². The van der Waals surface area contributed by atoms with E-state index in [0.29, 0.717) is 6.42 Å². The van der Waals surface area contributed by atoms with Crippen LogP contribution in [0.2, 0.25) is 0 Å². The molecule has 14 nitrogen and oxygen atoms in total. The summed E-state index contributed by atoms with van der Waals surface area (Å²) in [6.45, 7) is 2.68. The summed E-state index contributed by atoms with van der Waals surface area (Å²) in [5, 5.41) is 87.3. The van der Waals surface area contributed by atoms with Gasteiger partial charge in [0.25, 0.3) is 0 Å². The molecular formula is C69H123NO13. The first-order valence-electron chi connectivity index (χ1n) is 33.7. The van der Waals surface area contributed by atoms with Crippen LogP contribution in [0.25, 0.3) is 0 Å². The number of hydrogen-bond acceptors (Lipinski definition) is 13. The third kappa shape index (κ3) is 38.4. The SMILES string of the molecule is CC/C=C\C/C=C\C/C=C\C/C=C\C/C=C\CCCCCC(=O)NC(COC1OC(CO)C(OC2OC(CO)C(O)C(O)C2O)C(O)C1O)C(O)/C=C/CCCCCCCCCCCCCCCCCCCCCCCCCCCCCC. The van der Waals surface area contributed by atoms with Crippen LogP contribution in [0, 0.1) is 0 Å². The molecule has 9 N–H and O–H groups in total. The van der Waals surface area contributed by atoms with Crippen LogP contribution in [0.1, 0.15) is 264 Å². The van der Waals surface area contributed by atoms with E-state index in [9.17, 15) is 45.6 Å². The number of aliphatic hydroxyl groups is 8. The number of amides is 1. The van der Waals surface area contributed by atoms with Gasteiger partial charge in [-0.15, -0.1) is 0 Å². The Morgan fingerprint density at radius 1 is 0.446 bits per heavy atom. The highest BCUT2D eigenvalue weighted by atomic mass is 16.7. The summed E-state index contributed by atoms with van der Waals surface area (Å²) in [5.74, 6) is -0.270. The lowest BCUT2D eigenvalue weighted by molar-refractivity contribution is -0.359. The Labute approximate surface area is 504 Å². The summed E-state index contributed by atoms with van der Waals surface area (Å²) in [7, 11) is 0. The molecule has 2 fully saturated rings. The third-order valence-corrected chi connectivity index (χ3v) is 16.1. The molecule has 2 saturated heterocycles. The standard InChI is InChI=1S/C69H123NO13/c1-3-5-7-9-11-13-15-17-19-21-23-24-25-26-27-28-29-30-31-32-33-35-36-38-40-42-44-46-48-50-52-58(73)57(70-61(74)53-51-49-47-45-43-41-39-37-34-22-20-18-16-14-12-10-8-6-4-2)56-80-68-66(79)64(77)67(60(55-72)82-68)83-69-65(78)63(76)62(75)59(54-71)81-69/h6,8,12,14,18,20,34,37,41,43,50,52,57-60,62-69,71-73,75-79H,3-5,7,9-11,13,15-17,19,21-33,35-36,38-40,42,44-49,51,53-56H2,1-2H3,(H,70,74)/b8-6-,14-12-,20-18-,37-34-,43-41-,52-50+. The number of nitrogens with one attached hydrogen (secondary N) is 1. The van der Waals surface area contributed by atoms with E-state index >= 15 is 0 Å². The van der Waals surface area contributed by atoms with Crippen LogP contribution in [0.4, 0.5) is 0 Å². The van der Waals surface area contributed by atoms with Crippen molar-refractivity contribution in [3.63, 3.8) is 0 Å². The first-order chi connectivity index (χ1) is 40.6. The maximum Gasteiger partial charge on any atom is 0.220 e. The molecule has 0 aliphatic carbocycles. The average molecular weight is 1170 g/mol. The van der Waals surface area contributed by atoms with Gasteiger partial charge in [-0.25, -0.2) is 0 Å². The Hall–Kier alpha value is -2.57. The lowest BCUT2D eigenvalue weighted by atomic mass is 9.97. The van der Waals surface area contributed by atoms with E-state index < -0.39 is 86.8 Å². The highest BCUT2D eigenvalue weighted by Gasteiger charge is 2.51. The first kappa shape index (κ1) is 76.5. The molecule has 0 aromatic carbocycles. The van der Waals surface area contributed by atoms with Gasteiger partial charge in [-0.1, -0.05) is 267 Å². The highest BCUT2D eigenvalue weighted by molar-refractivity contribution is 5.76. The van der Waals surface area contributed by atoms with Gasteiger partial charge in [0.05, 0.1) is 32.0 Å². The topological polar surface area (TPSA) is 228 Å². The molecule has 0 radical (unpaired) electrons. The Kier molecular flexibility index (Phi) is 49.5. The van der Waals surface area contributed by atoms with E-state index in [1.54, 1.807) is 6.08 Å². The van der Waals surface area contributed by atoms with Crippen molar-refractivity contribution in [3.05, 3.63) is 72.9 Å². The molecule has 0 bridgehead atoms. The van der Waals surface area contributed by atoms with Crippen LogP contribution in [0.3, 0.4) is 0 Å². The fourth-order valence-electron chi connectivity index (χ4n) is 10.8. The van der Waals surface area contributed by atoms with Crippen molar-refractivity contribution >= 4 is 5.91 Å². The van der Waals surface area contributed by atoms with Crippen LogP contribution in [-0.4, -0.2) is 140 Å². The van der Waals surface area contributed by atoms with Crippen molar-refractivity contribution in [2.24, 2.45) is 0 Å². The summed E-state index contributed by atoms with van der Waals surface area (Å²) >= 11 is 0. The molecule has 482 valence electrons. The molecule has 2 heterocycles. The summed E-state index contributed by atoms with van der Waals surface area (Å²) in [6, 6.07) is -0.938. The molecular weight excluding hydrogens is 1050 g/mol. The van der Waals surface area contributed by atoms with Gasteiger partial charge in [0.1, 0.15) is 48.8 Å². The lowest BCUT2D eigenvalue weighted by Gasteiger charge is -2.46. The smallest absolute Gasteiger partial charge is 0.220 e. The molecule has 2 aliphatic heterocycles. The van der Waals surface area contributed by atoms with Crippen LogP contribution in [0.5, 0.6) is 0 Å². The monoisotopic (exact) mass is 1170 g/mol. The number of aliphatic hydroxyl groups excluding tert-OH is 8. The molecule has 83 heavy (non-hydrogen) atoms. The summed E-state index contributed by atoms with van der Waals surface area (Å²) in [5.41, 5.74) is 0. The van der Waals surface area contributed by atoms with Gasteiger partial charge in [0, 0.05) is 6.42 Å². The molecule has 14 heteroatoms. The molecule has 1 amide bonds. The van der Waals surface area contributed by atoms with Crippen molar-refractivity contribution in [2.75, 3.05) is 19.8 Å². The van der Waals surface area contributed by atoms with E-state index in [-0.39, 0.29) is 18.9 Å². The van der Waals surface area contributed by atoms with Crippen molar-refractivity contribution in [1.82, 2.24) is 5.32 Å². The van der Waals surface area contributed by atoms with Gasteiger partial charge in [0.2, 0.25) is 5.91 Å². The van der Waals surface area contributed by atoms with Crippen molar-refractivity contribution in [1.29, 1.82) is 0 Å². The van der Waals surface area contributed by atoms with Gasteiger partial charge >= 0.3 is 0 Å². The van der Waals surface area contributed by atoms with Crippen LogP contribution in [-0.2, 0) is 23.7 Å². The number of carbonyl (C=O) groups excluding carboxylic acids is 1. The summed E-state index contributed by atoms with van der Waals surface area (Å²) < 4.78 is 22.8. The van der Waals surface area contributed by atoms with Gasteiger partial charge in [-0.2, -0.15) is 0 Å². The van der Waals surface area contributed by atoms with Gasteiger partial charge in [0.15, 0.2) is 12.6 Å². The maximum absolute atomic E-state index is 13.3. The number of allylic oxidation sites excluding steroid dienone is 11. The van der Waals surface area contributed by atoms with Gasteiger partial charge in [-0.3, -0.25) is 4.79 Å². The Bertz CT molecular complexity index is 1670. The Morgan fingerprint density at radius 3 is 1.28 bits per heavy atom. The fourth-order valence-corrected chi connectivity index (χ4v) is 10.8. The number of rotatable bonds is 54. The largest absolute Gasteiger partial charge is 0.394 e. The summed E-state index contributed by atoms with van der Waals surface area (Å²) in [6.07, 6.45) is 55.3. The second-order valence-electron chi connectivity index (χ2n) is 23.6. The predicted octanol–water partition coefficient (Wildman–Crippen LogP) is 13.1. The highest BCUT2D eigenvalue weighted by Crippen LogP contribution is 2.30. The van der Waals surface area contributed by atoms with E-state index in [0.717, 1.165) is 70.6 Å². The normalized spacial score (nSPS) is 24.3. The maximum atomic E-state index is 13.3. The fraction of sp³-hybridized carbons (Fsp3) is 0.812. The molecule has 2 aliphatic rings. The zero-order valence-electron chi connectivity index (χ0n) is 52.2. The van der Waals surface area contributed by atoms with E-state index in [1.165, 1.54) is 167 Å². The molecule has 0 saturated carbocycles. The second kappa shape index (κ2) is 53.7. The average Bonchev–Trinajstić information content (AvgIpc) is 3.64. The lowest BCUT2D eigenvalue weighted by Crippen LogP contribution is -2.65. The Morgan fingerprint density at radius 2 is 0.831 bits per heavy atom. The third-order valence-electron chi connectivity index (χ3n) is 16.1.